The molecular formula is C38H58N6O5S. The molecule has 0 bridgehead atoms. The molecule has 0 unspecified atom stereocenters. The molecule has 2 aromatic rings. The van der Waals surface area contributed by atoms with E-state index in [1.54, 1.807) is 28.7 Å². The van der Waals surface area contributed by atoms with Gasteiger partial charge in [-0.3, -0.25) is 24.1 Å². The largest absolute Gasteiger partial charge is 0.455 e. The van der Waals surface area contributed by atoms with E-state index in [4.69, 9.17) is 4.74 Å². The molecule has 1 aliphatic carbocycles. The second-order valence-corrected chi connectivity index (χ2v) is 16.2. The van der Waals surface area contributed by atoms with Gasteiger partial charge in [-0.05, 0) is 75.4 Å². The highest BCUT2D eigenvalue weighted by molar-refractivity contribution is 7.09. The number of carbonyl (C=O) groups is 4. The van der Waals surface area contributed by atoms with Crippen LogP contribution in [-0.2, 0) is 25.5 Å². The summed E-state index contributed by atoms with van der Waals surface area (Å²) in [5.74, 6) is 0.537. The maximum Gasteiger partial charge on any atom is 0.303 e. The van der Waals surface area contributed by atoms with Gasteiger partial charge in [0.1, 0.15) is 16.5 Å². The maximum absolute atomic E-state index is 14.4. The van der Waals surface area contributed by atoms with E-state index in [9.17, 15) is 19.2 Å². The van der Waals surface area contributed by atoms with Crippen molar-refractivity contribution in [3.05, 3.63) is 40.4 Å². The number of likely N-dealkylation sites (N-methyl/N-ethyl adjacent to an activating group) is 1. The number of ether oxygens (including phenoxy) is 1. The Morgan fingerprint density at radius 3 is 2.34 bits per heavy atom. The monoisotopic (exact) mass is 710 g/mol. The number of piperidine rings is 1. The van der Waals surface area contributed by atoms with Crippen LogP contribution in [0, 0.1) is 29.6 Å². The van der Waals surface area contributed by atoms with Gasteiger partial charge < -0.3 is 15.0 Å². The van der Waals surface area contributed by atoms with E-state index in [1.807, 2.05) is 27.9 Å². The fourth-order valence-electron chi connectivity index (χ4n) is 7.42. The summed E-state index contributed by atoms with van der Waals surface area (Å²) in [6, 6.07) is 1.16. The number of hydrogen-bond donors (Lipinski definition) is 1. The fourth-order valence-corrected chi connectivity index (χ4v) is 8.26. The van der Waals surface area contributed by atoms with Crippen molar-refractivity contribution in [2.45, 2.75) is 124 Å². The molecule has 2 aliphatic rings. The van der Waals surface area contributed by atoms with E-state index in [-0.39, 0.29) is 59.7 Å². The molecule has 1 aliphatic heterocycles. The van der Waals surface area contributed by atoms with Crippen LogP contribution in [0.3, 0.4) is 0 Å². The van der Waals surface area contributed by atoms with E-state index in [0.29, 0.717) is 35.5 Å². The molecule has 1 saturated carbocycles. The first-order valence-corrected chi connectivity index (χ1v) is 19.3. The highest BCUT2D eigenvalue weighted by atomic mass is 32.1. The summed E-state index contributed by atoms with van der Waals surface area (Å²) < 4.78 is 5.83. The Hall–Kier alpha value is -3.25. The molecule has 276 valence electrons. The van der Waals surface area contributed by atoms with Crippen molar-refractivity contribution in [1.82, 2.24) is 30.1 Å². The molecule has 4 rings (SSSR count). The minimum atomic E-state index is -0.747. The van der Waals surface area contributed by atoms with Gasteiger partial charge in [-0.1, -0.05) is 41.0 Å². The highest BCUT2D eigenvalue weighted by Crippen LogP contribution is 2.43. The normalized spacial score (nSPS) is 19.8. The molecule has 2 amide bonds. The third-order valence-corrected chi connectivity index (χ3v) is 11.4. The average Bonchev–Trinajstić information content (AvgIpc) is 3.80. The zero-order chi connectivity index (χ0) is 36.5. The summed E-state index contributed by atoms with van der Waals surface area (Å²) in [5, 5.41) is 5.30. The molecule has 3 heterocycles. The van der Waals surface area contributed by atoms with Gasteiger partial charge in [0.25, 0.3) is 5.91 Å². The Bertz CT molecular complexity index is 1430. The van der Waals surface area contributed by atoms with Crippen LogP contribution in [0.4, 0.5) is 0 Å². The Labute approximate surface area is 302 Å². The second-order valence-electron chi connectivity index (χ2n) is 15.3. The average molecular weight is 711 g/mol. The first-order valence-electron chi connectivity index (χ1n) is 18.4. The summed E-state index contributed by atoms with van der Waals surface area (Å²) in [6.07, 6.45) is 9.59. The number of aromatic nitrogens is 3. The number of carbonyl (C=O) groups excluding carboxylic acids is 4. The third kappa shape index (κ3) is 11.1. The van der Waals surface area contributed by atoms with Crippen molar-refractivity contribution >= 4 is 34.9 Å². The standard InChI is InChI=1S/C38H58N6O5S/c1-23(2)18-28(19-35-39-15-11-16-40-35)41-36(47)30-22-50-37(42-30)34(49-26(6)45)21-32(24(3)4)44(8)38(48)29(25(5)27-13-14-27)20-33(46)31-12-9-10-17-43(31)7/h11,15-16,22-25,27-29,31-32,34H,9-10,12-14,17-21H2,1-8H3,(H,41,47)/t25-,28+,29-,31+,32+,34+/m0/s1. The number of ketones is 1. The van der Waals surface area contributed by atoms with Gasteiger partial charge in [-0.15, -0.1) is 11.3 Å². The van der Waals surface area contributed by atoms with Gasteiger partial charge in [0.2, 0.25) is 5.91 Å². The van der Waals surface area contributed by atoms with Crippen LogP contribution in [-0.4, -0.2) is 87.1 Å². The Kier molecular flexibility index (Phi) is 14.5. The minimum Gasteiger partial charge on any atom is -0.455 e. The van der Waals surface area contributed by atoms with Crippen molar-refractivity contribution < 1.29 is 23.9 Å². The van der Waals surface area contributed by atoms with E-state index in [0.717, 1.165) is 45.1 Å². The van der Waals surface area contributed by atoms with Crippen molar-refractivity contribution in [2.24, 2.45) is 29.6 Å². The molecule has 0 aromatic carbocycles. The van der Waals surface area contributed by atoms with Crippen LogP contribution in [0.2, 0.25) is 0 Å². The summed E-state index contributed by atoms with van der Waals surface area (Å²) in [6.45, 7) is 12.7. The number of rotatable bonds is 18. The molecule has 12 heteroatoms. The maximum atomic E-state index is 14.4. The molecule has 11 nitrogen and oxygen atoms in total. The number of nitrogens with zero attached hydrogens (tertiary/aromatic N) is 5. The number of likely N-dealkylation sites (tertiary alicyclic amines) is 1. The predicted octanol–water partition coefficient (Wildman–Crippen LogP) is 5.90. The third-order valence-electron chi connectivity index (χ3n) is 10.4. The quantitative estimate of drug-likeness (QED) is 0.188. The molecule has 1 saturated heterocycles. The summed E-state index contributed by atoms with van der Waals surface area (Å²) in [7, 11) is 3.82. The lowest BCUT2D eigenvalue weighted by Gasteiger charge is -2.38. The molecule has 0 spiro atoms. The van der Waals surface area contributed by atoms with E-state index in [1.165, 1.54) is 18.3 Å². The van der Waals surface area contributed by atoms with Crippen molar-refractivity contribution in [3.63, 3.8) is 0 Å². The smallest absolute Gasteiger partial charge is 0.303 e. The van der Waals surface area contributed by atoms with Gasteiger partial charge in [0, 0.05) is 69.0 Å². The molecule has 2 aromatic heterocycles. The van der Waals surface area contributed by atoms with Crippen LogP contribution in [0.25, 0.3) is 0 Å². The van der Waals surface area contributed by atoms with Crippen molar-refractivity contribution in [3.8, 4) is 0 Å². The van der Waals surface area contributed by atoms with Crippen LogP contribution in [0.1, 0.15) is 120 Å². The van der Waals surface area contributed by atoms with Crippen molar-refractivity contribution in [1.29, 1.82) is 0 Å². The van der Waals surface area contributed by atoms with E-state index >= 15 is 0 Å². The Morgan fingerprint density at radius 1 is 1.04 bits per heavy atom. The molecule has 1 N–H and O–H groups in total. The van der Waals surface area contributed by atoms with Gasteiger partial charge in [-0.25, -0.2) is 15.0 Å². The van der Waals surface area contributed by atoms with Gasteiger partial charge in [-0.2, -0.15) is 0 Å². The number of nitrogens with one attached hydrogen (secondary N) is 1. The summed E-state index contributed by atoms with van der Waals surface area (Å²) in [5.41, 5.74) is 0.250. The number of hydrogen-bond acceptors (Lipinski definition) is 10. The first-order chi connectivity index (χ1) is 23.7. The number of amides is 2. The SMILES string of the molecule is CC(=O)O[C@H](C[C@H](C(C)C)N(C)C(=O)[C@@H](CC(=O)[C@H]1CCCCN1C)[C@@H](C)C1CC1)c1nc(C(=O)N[C@@H](Cc2ncccn2)CC(C)C)cs1. The zero-order valence-corrected chi connectivity index (χ0v) is 32.1. The lowest BCUT2D eigenvalue weighted by Crippen LogP contribution is -2.48. The van der Waals surface area contributed by atoms with Gasteiger partial charge in [0.15, 0.2) is 11.9 Å². The van der Waals surface area contributed by atoms with Crippen molar-refractivity contribution in [2.75, 3.05) is 20.6 Å². The fraction of sp³-hybridized carbons (Fsp3) is 0.711. The number of esters is 1. The lowest BCUT2D eigenvalue weighted by molar-refractivity contribution is -0.149. The number of Topliss-reactive ketones (excluding diaryl/α,β-unsaturated/α-hetero) is 1. The first kappa shape index (κ1) is 39.5. The van der Waals surface area contributed by atoms with E-state index in [2.05, 4.69) is 45.9 Å². The minimum absolute atomic E-state index is 0.0267. The molecular weight excluding hydrogens is 653 g/mol. The Morgan fingerprint density at radius 2 is 1.74 bits per heavy atom. The molecule has 2 fully saturated rings. The Balaban J connectivity index is 1.50. The highest BCUT2D eigenvalue weighted by Gasteiger charge is 2.42. The summed E-state index contributed by atoms with van der Waals surface area (Å²) in [4.78, 5) is 71.1. The summed E-state index contributed by atoms with van der Waals surface area (Å²) >= 11 is 1.27. The van der Waals surface area contributed by atoms with E-state index < -0.39 is 18.0 Å². The van der Waals surface area contributed by atoms with Crippen LogP contribution < -0.4 is 5.32 Å². The second kappa shape index (κ2) is 18.3. The zero-order valence-electron chi connectivity index (χ0n) is 31.3. The van der Waals surface area contributed by atoms with Crippen LogP contribution >= 0.6 is 11.3 Å². The lowest BCUT2D eigenvalue weighted by atomic mass is 9.81. The predicted molar refractivity (Wildman–Crippen MR) is 194 cm³/mol. The molecule has 50 heavy (non-hydrogen) atoms. The molecule has 6 atom stereocenters. The van der Waals surface area contributed by atoms with Crippen LogP contribution in [0.5, 0.6) is 0 Å². The topological polar surface area (TPSA) is 135 Å². The number of thiazole rings is 1. The molecule has 0 radical (unpaired) electrons. The van der Waals surface area contributed by atoms with Crippen LogP contribution in [0.15, 0.2) is 23.8 Å². The van der Waals surface area contributed by atoms with Gasteiger partial charge >= 0.3 is 5.97 Å². The van der Waals surface area contributed by atoms with Gasteiger partial charge in [0.05, 0.1) is 6.04 Å².